The molecule has 0 radical (unpaired) electrons. The first kappa shape index (κ1) is 31.5. The summed E-state index contributed by atoms with van der Waals surface area (Å²) in [6.45, 7) is 6.36. The average Bonchev–Trinajstić information content (AvgIpc) is 3.05. The van der Waals surface area contributed by atoms with Gasteiger partial charge in [0.15, 0.2) is 0 Å². The molecule has 0 aromatic heterocycles. The SMILES string of the molecule is C[C@H](CCC(O)C(C)(O)CO)[C@H]1C[C@H](OS(=O)(=O)O)[C@]2(O)[C@]1(C)CC[C@@H]1[C@@]3(C)CC[C@H](O)C[C@@H]3[C@@H](O)C[C@]12O. The Morgan fingerprint density at radius 3 is 2.31 bits per heavy atom. The molecular weight excluding hydrogens is 532 g/mol. The molecule has 2 unspecified atom stereocenters. The summed E-state index contributed by atoms with van der Waals surface area (Å²) in [7, 11) is -5.01. The number of hydrogen-bond donors (Lipinski definition) is 8. The van der Waals surface area contributed by atoms with Crippen molar-refractivity contribution in [1.82, 2.24) is 0 Å². The van der Waals surface area contributed by atoms with Gasteiger partial charge in [-0.15, -0.1) is 0 Å². The highest BCUT2D eigenvalue weighted by atomic mass is 32.3. The Kier molecular flexibility index (Phi) is 8.16. The molecule has 0 aromatic rings. The van der Waals surface area contributed by atoms with Crippen molar-refractivity contribution in [1.29, 1.82) is 0 Å². The molecule has 0 bridgehead atoms. The molecule has 0 spiro atoms. The summed E-state index contributed by atoms with van der Waals surface area (Å²) < 4.78 is 38.8. The molecule has 39 heavy (non-hydrogen) atoms. The van der Waals surface area contributed by atoms with E-state index < -0.39 is 80.9 Å². The van der Waals surface area contributed by atoms with E-state index in [-0.39, 0.29) is 31.1 Å². The van der Waals surface area contributed by atoms with Crippen LogP contribution in [0.5, 0.6) is 0 Å². The molecule has 13 atom stereocenters. The van der Waals surface area contributed by atoms with Crippen molar-refractivity contribution >= 4 is 10.4 Å². The van der Waals surface area contributed by atoms with Crippen molar-refractivity contribution in [2.24, 2.45) is 34.5 Å². The fourth-order valence-electron chi connectivity index (χ4n) is 9.57. The second kappa shape index (κ2) is 10.1. The molecule has 0 saturated heterocycles. The molecule has 4 fully saturated rings. The van der Waals surface area contributed by atoms with Gasteiger partial charge in [-0.3, -0.25) is 4.55 Å². The van der Waals surface area contributed by atoms with Crippen LogP contribution in [0, 0.1) is 34.5 Å². The summed E-state index contributed by atoms with van der Waals surface area (Å²) >= 11 is 0. The Bertz CT molecular complexity index is 1020. The van der Waals surface area contributed by atoms with Crippen LogP contribution in [0.3, 0.4) is 0 Å². The lowest BCUT2D eigenvalue weighted by Gasteiger charge is -2.68. The third-order valence-electron chi connectivity index (χ3n) is 11.8. The minimum absolute atomic E-state index is 0.00439. The largest absolute Gasteiger partial charge is 0.397 e. The van der Waals surface area contributed by atoms with Crippen molar-refractivity contribution in [3.63, 3.8) is 0 Å². The van der Waals surface area contributed by atoms with E-state index >= 15 is 0 Å². The standard InChI is InChI=1S/C27H48O11S/c1-15(5-6-21(31)25(4,32)14-28)17-12-22(38-39(35,36)37)27(34)24(17,3)10-8-20-23(2)9-7-16(29)11-18(23)19(30)13-26(20,27)33/h15-22,28-34H,5-14H2,1-4H3,(H,35,36,37)/t15-,16+,17-,18-,19+,20-,21?,22+,23+,24-,25?,26+,27+/m1/s1. The summed E-state index contributed by atoms with van der Waals surface area (Å²) in [4.78, 5) is 0. The van der Waals surface area contributed by atoms with Gasteiger partial charge in [0, 0.05) is 11.8 Å². The topological polar surface area (TPSA) is 205 Å². The maximum Gasteiger partial charge on any atom is 0.397 e. The lowest BCUT2D eigenvalue weighted by Crippen LogP contribution is -2.77. The molecule has 4 rings (SSSR count). The van der Waals surface area contributed by atoms with Crippen LogP contribution in [0.25, 0.3) is 0 Å². The smallest absolute Gasteiger partial charge is 0.393 e. The van der Waals surface area contributed by atoms with Crippen LogP contribution in [0.15, 0.2) is 0 Å². The first-order valence-electron chi connectivity index (χ1n) is 14.2. The van der Waals surface area contributed by atoms with Crippen molar-refractivity contribution < 1.29 is 52.9 Å². The monoisotopic (exact) mass is 580 g/mol. The van der Waals surface area contributed by atoms with E-state index in [1.165, 1.54) is 6.92 Å². The van der Waals surface area contributed by atoms with Gasteiger partial charge in [0.05, 0.1) is 24.9 Å². The van der Waals surface area contributed by atoms with Gasteiger partial charge in [-0.1, -0.05) is 20.8 Å². The molecule has 228 valence electrons. The highest BCUT2D eigenvalue weighted by molar-refractivity contribution is 7.80. The molecule has 4 aliphatic carbocycles. The van der Waals surface area contributed by atoms with Crippen LogP contribution in [-0.4, -0.2) is 96.5 Å². The Hall–Kier alpha value is -0.410. The molecule has 0 amide bonds. The van der Waals surface area contributed by atoms with Gasteiger partial charge < -0.3 is 35.7 Å². The molecule has 8 N–H and O–H groups in total. The molecule has 12 heteroatoms. The lowest BCUT2D eigenvalue weighted by atomic mass is 9.40. The minimum atomic E-state index is -5.01. The van der Waals surface area contributed by atoms with Gasteiger partial charge in [0.1, 0.15) is 22.9 Å². The summed E-state index contributed by atoms with van der Waals surface area (Å²) in [5.74, 6) is -1.44. The average molecular weight is 581 g/mol. The molecule has 4 saturated carbocycles. The molecule has 11 nitrogen and oxygen atoms in total. The maximum absolute atomic E-state index is 12.7. The van der Waals surface area contributed by atoms with Crippen molar-refractivity contribution in [2.75, 3.05) is 6.61 Å². The van der Waals surface area contributed by atoms with Gasteiger partial charge in [-0.05, 0) is 87.4 Å². The molecule has 4 aliphatic rings. The van der Waals surface area contributed by atoms with Gasteiger partial charge in [-0.2, -0.15) is 8.42 Å². The van der Waals surface area contributed by atoms with E-state index in [0.717, 1.165) is 0 Å². The Morgan fingerprint density at radius 2 is 1.72 bits per heavy atom. The first-order chi connectivity index (χ1) is 17.8. The maximum atomic E-state index is 12.7. The first-order valence-corrected chi connectivity index (χ1v) is 15.6. The molecule has 0 heterocycles. The van der Waals surface area contributed by atoms with Crippen molar-refractivity contribution in [3.05, 3.63) is 0 Å². The second-order valence-corrected chi connectivity index (χ2v) is 15.0. The normalized spacial score (nSPS) is 49.3. The fourth-order valence-corrected chi connectivity index (χ4v) is 10.1. The van der Waals surface area contributed by atoms with Crippen molar-refractivity contribution in [3.8, 4) is 0 Å². The van der Waals surface area contributed by atoms with Crippen LogP contribution in [0.4, 0.5) is 0 Å². The van der Waals surface area contributed by atoms with Gasteiger partial charge in [0.2, 0.25) is 0 Å². The van der Waals surface area contributed by atoms with Crippen molar-refractivity contribution in [2.45, 2.75) is 127 Å². The van der Waals surface area contributed by atoms with Gasteiger partial charge in [0.25, 0.3) is 0 Å². The van der Waals surface area contributed by atoms with E-state index in [9.17, 15) is 48.7 Å². The highest BCUT2D eigenvalue weighted by Crippen LogP contribution is 2.71. The summed E-state index contributed by atoms with van der Waals surface area (Å²) in [6.07, 6.45) is -1.68. The van der Waals surface area contributed by atoms with Gasteiger partial charge in [-0.25, -0.2) is 4.18 Å². The van der Waals surface area contributed by atoms with E-state index in [2.05, 4.69) is 0 Å². The summed E-state index contributed by atoms with van der Waals surface area (Å²) in [5.41, 5.74) is -7.46. The summed E-state index contributed by atoms with van der Waals surface area (Å²) in [6, 6.07) is 0. The predicted molar refractivity (Wildman–Crippen MR) is 139 cm³/mol. The fraction of sp³-hybridized carbons (Fsp3) is 1.00. The molecule has 0 aromatic carbocycles. The van der Waals surface area contributed by atoms with E-state index in [4.69, 9.17) is 4.18 Å². The second-order valence-electron chi connectivity index (χ2n) is 14.0. The predicted octanol–water partition coefficient (Wildman–Crippen LogP) is 0.525. The summed E-state index contributed by atoms with van der Waals surface area (Å²) in [5, 5.41) is 76.8. The minimum Gasteiger partial charge on any atom is -0.393 e. The molecular formula is C27H48O11S. The Labute approximate surface area is 231 Å². The van der Waals surface area contributed by atoms with Crippen LogP contribution >= 0.6 is 0 Å². The van der Waals surface area contributed by atoms with Crippen LogP contribution in [0.1, 0.15) is 85.5 Å². The van der Waals surface area contributed by atoms with Crippen LogP contribution in [0.2, 0.25) is 0 Å². The zero-order valence-corrected chi connectivity index (χ0v) is 24.2. The van der Waals surface area contributed by atoms with Gasteiger partial charge >= 0.3 is 10.4 Å². The third-order valence-corrected chi connectivity index (χ3v) is 12.3. The number of aliphatic hydroxyl groups is 7. The quantitative estimate of drug-likeness (QED) is 0.186. The Balaban J connectivity index is 1.73. The Morgan fingerprint density at radius 1 is 1.08 bits per heavy atom. The van der Waals surface area contributed by atoms with E-state index in [0.29, 0.717) is 38.5 Å². The van der Waals surface area contributed by atoms with Crippen LogP contribution in [-0.2, 0) is 14.6 Å². The zero-order chi connectivity index (χ0) is 29.4. The molecule has 0 aliphatic heterocycles. The van der Waals surface area contributed by atoms with E-state index in [1.54, 1.807) is 6.92 Å². The highest BCUT2D eigenvalue weighted by Gasteiger charge is 2.79. The lowest BCUT2D eigenvalue weighted by molar-refractivity contribution is -0.328. The third kappa shape index (κ3) is 4.80. The number of aliphatic hydroxyl groups excluding tert-OH is 4. The number of hydrogen-bond acceptors (Lipinski definition) is 10. The number of rotatable bonds is 8. The van der Waals surface area contributed by atoms with E-state index in [1.807, 2.05) is 13.8 Å². The van der Waals surface area contributed by atoms with Crippen LogP contribution < -0.4 is 0 Å². The zero-order valence-electron chi connectivity index (χ0n) is 23.4. The number of fused-ring (bicyclic) bond motifs is 5.